The summed E-state index contributed by atoms with van der Waals surface area (Å²) >= 11 is 0. The number of carbonyl (C=O) groups is 1. The number of nitrogens with zero attached hydrogens (tertiary/aromatic N) is 1. The highest BCUT2D eigenvalue weighted by Crippen LogP contribution is 2.17. The first-order valence-electron chi connectivity index (χ1n) is 6.12. The van der Waals surface area contributed by atoms with Gasteiger partial charge in [-0.15, -0.1) is 0 Å². The van der Waals surface area contributed by atoms with Crippen LogP contribution in [0.3, 0.4) is 0 Å². The molecule has 0 unspecified atom stereocenters. The fraction of sp³-hybridized carbons (Fsp3) is 0.500. The number of aromatic carboxylic acids is 1. The molecule has 1 aromatic carbocycles. The van der Waals surface area contributed by atoms with Gasteiger partial charge in [0.25, 0.3) is 0 Å². The van der Waals surface area contributed by atoms with E-state index in [1.807, 2.05) is 6.07 Å². The molecule has 0 radical (unpaired) electrons. The van der Waals surface area contributed by atoms with E-state index in [2.05, 4.69) is 18.7 Å². The molecule has 0 amide bonds. The molecule has 100 valence electrons. The SMILES string of the molecule is COCCN(CC(C)C)c1cccc(C(=O)O)c1. The van der Waals surface area contributed by atoms with Gasteiger partial charge in [-0.1, -0.05) is 19.9 Å². The second-order valence-electron chi connectivity index (χ2n) is 4.69. The van der Waals surface area contributed by atoms with Crippen LogP contribution in [0.25, 0.3) is 0 Å². The van der Waals surface area contributed by atoms with Crippen molar-refractivity contribution in [3.05, 3.63) is 29.8 Å². The fourth-order valence-electron chi connectivity index (χ4n) is 1.80. The van der Waals surface area contributed by atoms with Crippen molar-refractivity contribution >= 4 is 11.7 Å². The van der Waals surface area contributed by atoms with Crippen LogP contribution in [0.5, 0.6) is 0 Å². The highest BCUT2D eigenvalue weighted by molar-refractivity contribution is 5.88. The minimum absolute atomic E-state index is 0.318. The van der Waals surface area contributed by atoms with Crippen molar-refractivity contribution in [3.8, 4) is 0 Å². The van der Waals surface area contributed by atoms with Crippen LogP contribution in [0.1, 0.15) is 24.2 Å². The largest absolute Gasteiger partial charge is 0.478 e. The lowest BCUT2D eigenvalue weighted by Gasteiger charge is -2.26. The lowest BCUT2D eigenvalue weighted by atomic mass is 10.1. The van der Waals surface area contributed by atoms with Gasteiger partial charge in [0.05, 0.1) is 12.2 Å². The molecule has 0 aliphatic carbocycles. The van der Waals surface area contributed by atoms with Gasteiger partial charge in [0.2, 0.25) is 0 Å². The monoisotopic (exact) mass is 251 g/mol. The summed E-state index contributed by atoms with van der Waals surface area (Å²) in [6, 6.07) is 7.03. The molecule has 18 heavy (non-hydrogen) atoms. The third-order valence-electron chi connectivity index (χ3n) is 2.61. The minimum atomic E-state index is -0.895. The summed E-state index contributed by atoms with van der Waals surface area (Å²) < 4.78 is 5.10. The molecule has 0 atom stereocenters. The van der Waals surface area contributed by atoms with Gasteiger partial charge in [-0.05, 0) is 24.1 Å². The second kappa shape index (κ2) is 7.01. The molecule has 0 saturated carbocycles. The van der Waals surface area contributed by atoms with E-state index >= 15 is 0 Å². The Hall–Kier alpha value is -1.55. The van der Waals surface area contributed by atoms with Crippen LogP contribution in [0.15, 0.2) is 24.3 Å². The molecular weight excluding hydrogens is 230 g/mol. The zero-order valence-electron chi connectivity index (χ0n) is 11.2. The first kappa shape index (κ1) is 14.5. The van der Waals surface area contributed by atoms with Crippen molar-refractivity contribution in [2.45, 2.75) is 13.8 Å². The van der Waals surface area contributed by atoms with Gasteiger partial charge in [-0.2, -0.15) is 0 Å². The van der Waals surface area contributed by atoms with Crippen molar-refractivity contribution in [2.75, 3.05) is 31.7 Å². The Kier molecular flexibility index (Phi) is 5.65. The summed E-state index contributed by atoms with van der Waals surface area (Å²) in [7, 11) is 1.67. The van der Waals surface area contributed by atoms with E-state index in [0.29, 0.717) is 18.1 Å². The van der Waals surface area contributed by atoms with Gasteiger partial charge in [0.1, 0.15) is 0 Å². The normalized spacial score (nSPS) is 10.7. The molecule has 0 aliphatic rings. The van der Waals surface area contributed by atoms with Crippen LogP contribution < -0.4 is 4.90 Å². The molecule has 0 aliphatic heterocycles. The first-order valence-corrected chi connectivity index (χ1v) is 6.12. The quantitative estimate of drug-likeness (QED) is 0.809. The minimum Gasteiger partial charge on any atom is -0.478 e. The first-order chi connectivity index (χ1) is 8.54. The summed E-state index contributed by atoms with van der Waals surface area (Å²) in [6.45, 7) is 6.55. The van der Waals surface area contributed by atoms with Gasteiger partial charge in [-0.3, -0.25) is 0 Å². The summed E-state index contributed by atoms with van der Waals surface area (Å²) in [4.78, 5) is 13.1. The number of carboxylic acids is 1. The average Bonchev–Trinajstić information content (AvgIpc) is 2.34. The number of ether oxygens (including phenoxy) is 1. The summed E-state index contributed by atoms with van der Waals surface area (Å²) in [6.07, 6.45) is 0. The van der Waals surface area contributed by atoms with Gasteiger partial charge in [0, 0.05) is 25.9 Å². The fourth-order valence-corrected chi connectivity index (χ4v) is 1.80. The molecule has 4 heteroatoms. The second-order valence-corrected chi connectivity index (χ2v) is 4.69. The lowest BCUT2D eigenvalue weighted by Crippen LogP contribution is -2.31. The molecule has 0 fully saturated rings. The predicted molar refractivity (Wildman–Crippen MR) is 72.3 cm³/mol. The van der Waals surface area contributed by atoms with E-state index in [-0.39, 0.29) is 0 Å². The molecular formula is C14H21NO3. The Bertz CT molecular complexity index is 390. The Labute approximate surface area is 108 Å². The number of rotatable bonds is 7. The van der Waals surface area contributed by atoms with Crippen molar-refractivity contribution in [3.63, 3.8) is 0 Å². The Morgan fingerprint density at radius 2 is 2.17 bits per heavy atom. The maximum Gasteiger partial charge on any atom is 0.335 e. The molecule has 0 spiro atoms. The van der Waals surface area contributed by atoms with Crippen molar-refractivity contribution in [1.82, 2.24) is 0 Å². The lowest BCUT2D eigenvalue weighted by molar-refractivity contribution is 0.0697. The van der Waals surface area contributed by atoms with Crippen LogP contribution >= 0.6 is 0 Å². The van der Waals surface area contributed by atoms with E-state index in [0.717, 1.165) is 18.8 Å². The third-order valence-corrected chi connectivity index (χ3v) is 2.61. The van der Waals surface area contributed by atoms with Gasteiger partial charge < -0.3 is 14.7 Å². The highest BCUT2D eigenvalue weighted by Gasteiger charge is 2.10. The topological polar surface area (TPSA) is 49.8 Å². The van der Waals surface area contributed by atoms with Gasteiger partial charge >= 0.3 is 5.97 Å². The standard InChI is InChI=1S/C14H21NO3/c1-11(2)10-15(7-8-18-3)13-6-4-5-12(9-13)14(16)17/h4-6,9,11H,7-8,10H2,1-3H3,(H,16,17). The van der Waals surface area contributed by atoms with Crippen molar-refractivity contribution in [2.24, 2.45) is 5.92 Å². The number of hydrogen-bond donors (Lipinski definition) is 1. The van der Waals surface area contributed by atoms with E-state index < -0.39 is 5.97 Å². The third kappa shape index (κ3) is 4.37. The zero-order chi connectivity index (χ0) is 13.5. The summed E-state index contributed by atoms with van der Waals surface area (Å²) in [5, 5.41) is 9.01. The van der Waals surface area contributed by atoms with E-state index in [1.54, 1.807) is 25.3 Å². The number of methoxy groups -OCH3 is 1. The number of hydrogen-bond acceptors (Lipinski definition) is 3. The number of carboxylic acid groups (broad SMARTS) is 1. The zero-order valence-corrected chi connectivity index (χ0v) is 11.2. The molecule has 0 bridgehead atoms. The average molecular weight is 251 g/mol. The number of anilines is 1. The molecule has 1 aromatic rings. The van der Waals surface area contributed by atoms with Gasteiger partial charge in [0.15, 0.2) is 0 Å². The van der Waals surface area contributed by atoms with Crippen LogP contribution in [0, 0.1) is 5.92 Å². The van der Waals surface area contributed by atoms with Gasteiger partial charge in [-0.25, -0.2) is 4.79 Å². The summed E-state index contributed by atoms with van der Waals surface area (Å²) in [5.74, 6) is -0.386. The maximum atomic E-state index is 11.0. The number of benzene rings is 1. The molecule has 1 rings (SSSR count). The maximum absolute atomic E-state index is 11.0. The Balaban J connectivity index is 2.89. The van der Waals surface area contributed by atoms with Crippen LogP contribution in [0.4, 0.5) is 5.69 Å². The molecule has 4 nitrogen and oxygen atoms in total. The molecule has 0 aromatic heterocycles. The molecule has 0 heterocycles. The van der Waals surface area contributed by atoms with Crippen LogP contribution in [0.2, 0.25) is 0 Å². The predicted octanol–water partition coefficient (Wildman–Crippen LogP) is 2.49. The molecule has 0 saturated heterocycles. The summed E-state index contributed by atoms with van der Waals surface area (Å²) in [5.41, 5.74) is 1.25. The Morgan fingerprint density at radius 3 is 2.72 bits per heavy atom. The Morgan fingerprint density at radius 1 is 1.44 bits per heavy atom. The smallest absolute Gasteiger partial charge is 0.335 e. The van der Waals surface area contributed by atoms with Crippen molar-refractivity contribution in [1.29, 1.82) is 0 Å². The van der Waals surface area contributed by atoms with E-state index in [1.165, 1.54) is 0 Å². The van der Waals surface area contributed by atoms with E-state index in [4.69, 9.17) is 9.84 Å². The van der Waals surface area contributed by atoms with E-state index in [9.17, 15) is 4.79 Å². The van der Waals surface area contributed by atoms with Crippen LogP contribution in [-0.2, 0) is 4.74 Å². The highest BCUT2D eigenvalue weighted by atomic mass is 16.5. The molecule has 1 N–H and O–H groups in total. The van der Waals surface area contributed by atoms with Crippen LogP contribution in [-0.4, -0.2) is 37.9 Å². The van der Waals surface area contributed by atoms with Crippen molar-refractivity contribution < 1.29 is 14.6 Å².